The average Bonchev–Trinajstić information content (AvgIpc) is 2.17. The number of aromatic hydroxyl groups is 1. The first kappa shape index (κ1) is 10.9. The van der Waals surface area contributed by atoms with Gasteiger partial charge in [-0.25, -0.2) is 0 Å². The number of aryl methyl sites for hydroxylation is 1. The Bertz CT molecular complexity index is 276. The highest BCUT2D eigenvalue weighted by Crippen LogP contribution is 2.21. The molecule has 0 heterocycles. The molecular formula is C10H12BrClO. The van der Waals surface area contributed by atoms with Gasteiger partial charge in [-0.05, 0) is 30.0 Å². The van der Waals surface area contributed by atoms with Gasteiger partial charge in [-0.3, -0.25) is 0 Å². The second-order valence-electron chi connectivity index (χ2n) is 2.89. The first-order valence-corrected chi connectivity index (χ1v) is 5.86. The van der Waals surface area contributed by atoms with Crippen molar-refractivity contribution in [1.29, 1.82) is 0 Å². The summed E-state index contributed by atoms with van der Waals surface area (Å²) in [5.74, 6) is 0.872. The molecule has 1 rings (SSSR count). The topological polar surface area (TPSA) is 20.2 Å². The van der Waals surface area contributed by atoms with E-state index in [-0.39, 0.29) is 0 Å². The fraction of sp³-hybridized carbons (Fsp3) is 0.400. The van der Waals surface area contributed by atoms with E-state index in [1.165, 1.54) is 0 Å². The highest BCUT2D eigenvalue weighted by Gasteiger charge is 2.01. The summed E-state index contributed by atoms with van der Waals surface area (Å²) in [5, 5.41) is 10.5. The third kappa shape index (κ3) is 3.20. The van der Waals surface area contributed by atoms with Gasteiger partial charge in [0.05, 0.1) is 0 Å². The summed E-state index contributed by atoms with van der Waals surface area (Å²) in [5.41, 5.74) is 2.04. The summed E-state index contributed by atoms with van der Waals surface area (Å²) >= 11 is 9.05. The van der Waals surface area contributed by atoms with E-state index in [9.17, 15) is 5.11 Å². The van der Waals surface area contributed by atoms with Crippen molar-refractivity contribution >= 4 is 27.5 Å². The van der Waals surface area contributed by atoms with Gasteiger partial charge in [-0.1, -0.05) is 28.1 Å². The van der Waals surface area contributed by atoms with Crippen LogP contribution in [0, 0.1) is 0 Å². The zero-order valence-corrected chi connectivity index (χ0v) is 9.61. The molecule has 3 heteroatoms. The smallest absolute Gasteiger partial charge is 0.118 e. The lowest BCUT2D eigenvalue weighted by molar-refractivity contribution is 0.467. The molecule has 0 bridgehead atoms. The highest BCUT2D eigenvalue weighted by molar-refractivity contribution is 9.09. The van der Waals surface area contributed by atoms with Crippen molar-refractivity contribution in [3.63, 3.8) is 0 Å². The fourth-order valence-corrected chi connectivity index (χ4v) is 1.63. The Morgan fingerprint density at radius 3 is 2.77 bits per heavy atom. The van der Waals surface area contributed by atoms with Crippen LogP contribution >= 0.6 is 27.5 Å². The Kier molecular flexibility index (Phi) is 4.60. The number of alkyl halides is 2. The van der Waals surface area contributed by atoms with Gasteiger partial charge in [0, 0.05) is 11.2 Å². The standard InChI is InChI=1S/C10H12BrClO/c11-5-1-2-9-6-8(7-12)3-4-10(9)13/h3-4,6,13H,1-2,5,7H2. The molecule has 0 spiro atoms. The van der Waals surface area contributed by atoms with Gasteiger partial charge in [-0.2, -0.15) is 0 Å². The number of rotatable bonds is 4. The molecule has 0 radical (unpaired) electrons. The number of halogens is 2. The Morgan fingerprint density at radius 2 is 2.15 bits per heavy atom. The van der Waals surface area contributed by atoms with Crippen LogP contribution < -0.4 is 0 Å². The lowest BCUT2D eigenvalue weighted by Crippen LogP contribution is -1.89. The van der Waals surface area contributed by atoms with E-state index in [1.807, 2.05) is 12.1 Å². The molecule has 1 nitrogen and oxygen atoms in total. The van der Waals surface area contributed by atoms with Gasteiger partial charge in [0.15, 0.2) is 0 Å². The third-order valence-corrected chi connectivity index (χ3v) is 2.75. The first-order chi connectivity index (χ1) is 6.27. The monoisotopic (exact) mass is 262 g/mol. The molecule has 1 aromatic rings. The summed E-state index contributed by atoms with van der Waals surface area (Å²) in [6, 6.07) is 5.52. The Morgan fingerprint density at radius 1 is 1.38 bits per heavy atom. The largest absolute Gasteiger partial charge is 0.508 e. The van der Waals surface area contributed by atoms with Gasteiger partial charge < -0.3 is 5.11 Å². The van der Waals surface area contributed by atoms with Crippen molar-refractivity contribution in [2.75, 3.05) is 5.33 Å². The summed E-state index contributed by atoms with van der Waals surface area (Å²) in [4.78, 5) is 0. The molecule has 0 atom stereocenters. The fourth-order valence-electron chi connectivity index (χ4n) is 1.18. The number of benzene rings is 1. The summed E-state index contributed by atoms with van der Waals surface area (Å²) < 4.78 is 0. The minimum Gasteiger partial charge on any atom is -0.508 e. The van der Waals surface area contributed by atoms with Crippen molar-refractivity contribution in [2.24, 2.45) is 0 Å². The van der Waals surface area contributed by atoms with Crippen LogP contribution in [0.4, 0.5) is 0 Å². The lowest BCUT2D eigenvalue weighted by atomic mass is 10.1. The van der Waals surface area contributed by atoms with E-state index in [0.717, 1.165) is 29.3 Å². The van der Waals surface area contributed by atoms with Gasteiger partial charge in [0.2, 0.25) is 0 Å². The molecule has 1 N–H and O–H groups in total. The van der Waals surface area contributed by atoms with Crippen LogP contribution in [0.25, 0.3) is 0 Å². The van der Waals surface area contributed by atoms with Crippen LogP contribution in [0.5, 0.6) is 5.75 Å². The number of phenolic OH excluding ortho intramolecular Hbond substituents is 1. The Hall–Kier alpha value is -0.210. The number of hydrogen-bond donors (Lipinski definition) is 1. The maximum atomic E-state index is 9.50. The molecular weight excluding hydrogens is 251 g/mol. The van der Waals surface area contributed by atoms with Crippen molar-refractivity contribution in [3.8, 4) is 5.75 Å². The Labute approximate surface area is 91.9 Å². The molecule has 0 aliphatic carbocycles. The zero-order valence-electron chi connectivity index (χ0n) is 7.26. The molecule has 0 aromatic heterocycles. The molecule has 0 saturated heterocycles. The second-order valence-corrected chi connectivity index (χ2v) is 3.95. The van der Waals surface area contributed by atoms with Gasteiger partial charge in [0.25, 0.3) is 0 Å². The van der Waals surface area contributed by atoms with Crippen LogP contribution in [0.1, 0.15) is 17.5 Å². The minimum absolute atomic E-state index is 0.370. The molecule has 0 aliphatic rings. The molecule has 0 saturated carbocycles. The van der Waals surface area contributed by atoms with E-state index in [0.29, 0.717) is 11.6 Å². The van der Waals surface area contributed by atoms with Gasteiger partial charge in [0.1, 0.15) is 5.75 Å². The molecule has 13 heavy (non-hydrogen) atoms. The van der Waals surface area contributed by atoms with E-state index < -0.39 is 0 Å². The van der Waals surface area contributed by atoms with E-state index >= 15 is 0 Å². The minimum atomic E-state index is 0.370. The summed E-state index contributed by atoms with van der Waals surface area (Å²) in [6.07, 6.45) is 1.92. The van der Waals surface area contributed by atoms with E-state index in [2.05, 4.69) is 15.9 Å². The summed E-state index contributed by atoms with van der Waals surface area (Å²) in [7, 11) is 0. The Balaban J connectivity index is 2.78. The maximum Gasteiger partial charge on any atom is 0.118 e. The third-order valence-electron chi connectivity index (χ3n) is 1.88. The molecule has 0 unspecified atom stereocenters. The quantitative estimate of drug-likeness (QED) is 0.825. The van der Waals surface area contributed by atoms with Gasteiger partial charge in [-0.15, -0.1) is 11.6 Å². The molecule has 0 aliphatic heterocycles. The number of hydrogen-bond acceptors (Lipinski definition) is 1. The van der Waals surface area contributed by atoms with E-state index in [1.54, 1.807) is 6.07 Å². The van der Waals surface area contributed by atoms with E-state index in [4.69, 9.17) is 11.6 Å². The average molecular weight is 264 g/mol. The predicted molar refractivity (Wildman–Crippen MR) is 59.8 cm³/mol. The second kappa shape index (κ2) is 5.51. The highest BCUT2D eigenvalue weighted by atomic mass is 79.9. The van der Waals surface area contributed by atoms with Gasteiger partial charge >= 0.3 is 0 Å². The van der Waals surface area contributed by atoms with Crippen molar-refractivity contribution in [2.45, 2.75) is 18.7 Å². The van der Waals surface area contributed by atoms with Crippen LogP contribution in [0.15, 0.2) is 18.2 Å². The molecule has 1 aromatic carbocycles. The number of phenols is 1. The lowest BCUT2D eigenvalue weighted by Gasteiger charge is -2.04. The van der Waals surface area contributed by atoms with Crippen LogP contribution in [0.3, 0.4) is 0 Å². The zero-order chi connectivity index (χ0) is 9.68. The molecule has 72 valence electrons. The van der Waals surface area contributed by atoms with Crippen LogP contribution in [-0.4, -0.2) is 10.4 Å². The van der Waals surface area contributed by atoms with Crippen molar-refractivity contribution < 1.29 is 5.11 Å². The van der Waals surface area contributed by atoms with Crippen molar-refractivity contribution in [1.82, 2.24) is 0 Å². The maximum absolute atomic E-state index is 9.50. The molecule has 0 fully saturated rings. The SMILES string of the molecule is Oc1ccc(CCl)cc1CCCBr. The van der Waals surface area contributed by atoms with Crippen LogP contribution in [-0.2, 0) is 12.3 Å². The van der Waals surface area contributed by atoms with Crippen LogP contribution in [0.2, 0.25) is 0 Å². The normalized spacial score (nSPS) is 10.3. The first-order valence-electron chi connectivity index (χ1n) is 4.20. The molecule has 0 amide bonds. The van der Waals surface area contributed by atoms with Crippen molar-refractivity contribution in [3.05, 3.63) is 29.3 Å². The summed E-state index contributed by atoms with van der Waals surface area (Å²) in [6.45, 7) is 0. The predicted octanol–water partition coefficient (Wildman–Crippen LogP) is 3.46.